The van der Waals surface area contributed by atoms with E-state index >= 15 is 0 Å². The number of alkyl halides is 3. The van der Waals surface area contributed by atoms with Gasteiger partial charge in [0.25, 0.3) is 0 Å². The van der Waals surface area contributed by atoms with Crippen LogP contribution in [0, 0.1) is 0 Å². The lowest BCUT2D eigenvalue weighted by Gasteiger charge is -2.14. The van der Waals surface area contributed by atoms with Crippen molar-refractivity contribution in [3.05, 3.63) is 77.1 Å². The molecule has 0 unspecified atom stereocenters. The molecule has 0 atom stereocenters. The van der Waals surface area contributed by atoms with E-state index in [0.29, 0.717) is 5.69 Å². The number of benzene rings is 2. The maximum atomic E-state index is 13.8. The molecule has 2 rings (SSSR count). The van der Waals surface area contributed by atoms with Crippen LogP contribution in [-0.4, -0.2) is 13.3 Å². The van der Waals surface area contributed by atoms with Crippen molar-refractivity contribution in [1.82, 2.24) is 0 Å². The van der Waals surface area contributed by atoms with E-state index in [9.17, 15) is 26.3 Å². The molecule has 2 aromatic carbocycles. The number of allylic oxidation sites excluding steroid dienone is 2. The molecule has 2 aromatic rings. The first-order valence-corrected chi connectivity index (χ1v) is 9.29. The second kappa shape index (κ2) is 10.9. The van der Waals surface area contributed by atoms with Crippen molar-refractivity contribution in [3.63, 3.8) is 0 Å². The molecule has 168 valence electrons. The van der Waals surface area contributed by atoms with E-state index in [1.807, 2.05) is 0 Å². The van der Waals surface area contributed by atoms with Gasteiger partial charge in [-0.1, -0.05) is 19.1 Å². The number of halogens is 6. The summed E-state index contributed by atoms with van der Waals surface area (Å²) in [6.45, 7) is 1.78. The van der Waals surface area contributed by atoms with Gasteiger partial charge in [0.05, 0.1) is 12.2 Å². The van der Waals surface area contributed by atoms with Crippen molar-refractivity contribution < 1.29 is 35.8 Å². The van der Waals surface area contributed by atoms with E-state index in [1.54, 1.807) is 0 Å². The summed E-state index contributed by atoms with van der Waals surface area (Å²) in [6, 6.07) is 10.8. The fraction of sp³-hybridized carbons (Fsp3) is 0.273. The van der Waals surface area contributed by atoms with Crippen molar-refractivity contribution in [3.8, 4) is 11.5 Å². The highest BCUT2D eigenvalue weighted by Gasteiger charge is 2.34. The summed E-state index contributed by atoms with van der Waals surface area (Å²) in [5.41, 5.74) is -0.874. The zero-order valence-corrected chi connectivity index (χ0v) is 16.8. The Morgan fingerprint density at radius 2 is 1.61 bits per heavy atom. The smallest absolute Gasteiger partial charge is 0.419 e. The van der Waals surface area contributed by atoms with Gasteiger partial charge in [0.15, 0.2) is 5.83 Å². The first-order valence-electron chi connectivity index (χ1n) is 9.29. The molecule has 0 spiro atoms. The molecule has 0 aromatic heterocycles. The lowest BCUT2D eigenvalue weighted by Crippen LogP contribution is -2.10. The summed E-state index contributed by atoms with van der Waals surface area (Å²) >= 11 is 0. The van der Waals surface area contributed by atoms with Crippen molar-refractivity contribution in [2.45, 2.75) is 26.4 Å². The van der Waals surface area contributed by atoms with Crippen LogP contribution >= 0.6 is 0 Å². The molecule has 0 radical (unpaired) electrons. The third-order valence-corrected chi connectivity index (χ3v) is 4.13. The summed E-state index contributed by atoms with van der Waals surface area (Å²) in [7, 11) is 0. The van der Waals surface area contributed by atoms with Gasteiger partial charge in [-0.25, -0.2) is 13.2 Å². The minimum Gasteiger partial charge on any atom is -0.457 e. The molecule has 9 heteroatoms. The predicted octanol–water partition coefficient (Wildman–Crippen LogP) is 7.69. The fourth-order valence-corrected chi connectivity index (χ4v) is 2.48. The molecule has 31 heavy (non-hydrogen) atoms. The van der Waals surface area contributed by atoms with Crippen LogP contribution in [0.5, 0.6) is 11.5 Å². The van der Waals surface area contributed by atoms with Crippen molar-refractivity contribution in [2.24, 2.45) is 0 Å². The molecule has 0 saturated heterocycles. The Balaban J connectivity index is 1.94. The van der Waals surface area contributed by atoms with E-state index in [1.165, 1.54) is 49.4 Å². The largest absolute Gasteiger partial charge is 0.457 e. The molecular weight excluding hydrogens is 424 g/mol. The molecule has 0 saturated carbocycles. The second-order valence-corrected chi connectivity index (χ2v) is 6.37. The topological polar surface area (TPSA) is 30.5 Å². The standard InChI is InChI=1S/C22H21F6NO2/c1-3-19(24)21(25)17(14(2)23)12-30-13-29-15-8-10-16(11-9-15)31-20-7-5-4-6-18(20)22(26,27)28/h4-11,29H,3,12-13H2,1-2H3. The van der Waals surface area contributed by atoms with Crippen LogP contribution in [0.2, 0.25) is 0 Å². The van der Waals surface area contributed by atoms with Gasteiger partial charge in [-0.15, -0.1) is 0 Å². The van der Waals surface area contributed by atoms with E-state index in [2.05, 4.69) is 5.32 Å². The van der Waals surface area contributed by atoms with E-state index in [4.69, 9.17) is 9.47 Å². The molecule has 0 amide bonds. The Labute approximate surface area is 176 Å². The second-order valence-electron chi connectivity index (χ2n) is 6.37. The Hall–Kier alpha value is -2.94. The predicted molar refractivity (Wildman–Crippen MR) is 106 cm³/mol. The third kappa shape index (κ3) is 7.06. The summed E-state index contributed by atoms with van der Waals surface area (Å²) in [4.78, 5) is 0. The van der Waals surface area contributed by atoms with Gasteiger partial charge < -0.3 is 14.8 Å². The SMILES string of the molecule is CCC(F)=C(F)C(COCNc1ccc(Oc2ccccc2C(F)(F)F)cc1)=C(C)F. The number of anilines is 1. The van der Waals surface area contributed by atoms with E-state index < -0.39 is 41.4 Å². The summed E-state index contributed by atoms with van der Waals surface area (Å²) in [5.74, 6) is -3.37. The van der Waals surface area contributed by atoms with Gasteiger partial charge in [-0.3, -0.25) is 0 Å². The zero-order chi connectivity index (χ0) is 23.0. The van der Waals surface area contributed by atoms with Gasteiger partial charge in [-0.05, 0) is 49.7 Å². The van der Waals surface area contributed by atoms with Crippen LogP contribution < -0.4 is 10.1 Å². The van der Waals surface area contributed by atoms with Crippen LogP contribution in [0.15, 0.2) is 71.6 Å². The van der Waals surface area contributed by atoms with Gasteiger partial charge in [0, 0.05) is 11.3 Å². The molecule has 0 bridgehead atoms. The maximum absolute atomic E-state index is 13.8. The number of para-hydroxylation sites is 1. The Kier molecular flexibility index (Phi) is 8.56. The number of hydrogen-bond acceptors (Lipinski definition) is 3. The highest BCUT2D eigenvalue weighted by atomic mass is 19.4. The van der Waals surface area contributed by atoms with Crippen molar-refractivity contribution in [2.75, 3.05) is 18.7 Å². The normalized spacial score (nSPS) is 13.4. The third-order valence-electron chi connectivity index (χ3n) is 4.13. The monoisotopic (exact) mass is 445 g/mol. The molecule has 0 aliphatic carbocycles. The summed E-state index contributed by atoms with van der Waals surface area (Å²) in [5, 5.41) is 2.81. The quantitative estimate of drug-likeness (QED) is 0.186. The first kappa shape index (κ1) is 24.3. The minimum atomic E-state index is -4.55. The van der Waals surface area contributed by atoms with Crippen LogP contribution in [0.25, 0.3) is 0 Å². The Bertz CT molecular complexity index is 932. The van der Waals surface area contributed by atoms with Crippen molar-refractivity contribution in [1.29, 1.82) is 0 Å². The molecule has 1 N–H and O–H groups in total. The molecule has 0 fully saturated rings. The molecule has 3 nitrogen and oxygen atoms in total. The average Bonchev–Trinajstić information content (AvgIpc) is 2.73. The van der Waals surface area contributed by atoms with Crippen LogP contribution in [-0.2, 0) is 10.9 Å². The Morgan fingerprint density at radius 3 is 2.19 bits per heavy atom. The maximum Gasteiger partial charge on any atom is 0.419 e. The van der Waals surface area contributed by atoms with Gasteiger partial charge in [0.2, 0.25) is 0 Å². The van der Waals surface area contributed by atoms with Crippen molar-refractivity contribution >= 4 is 5.69 Å². The van der Waals surface area contributed by atoms with Gasteiger partial charge in [-0.2, -0.15) is 13.2 Å². The highest BCUT2D eigenvalue weighted by molar-refractivity contribution is 5.48. The highest BCUT2D eigenvalue weighted by Crippen LogP contribution is 2.38. The summed E-state index contributed by atoms with van der Waals surface area (Å²) in [6.07, 6.45) is -4.75. The molecular formula is C22H21F6NO2. The van der Waals surface area contributed by atoms with Crippen LogP contribution in [0.3, 0.4) is 0 Å². The minimum absolute atomic E-state index is 0.144. The lowest BCUT2D eigenvalue weighted by molar-refractivity contribution is -0.138. The average molecular weight is 445 g/mol. The number of nitrogens with one attached hydrogen (secondary N) is 1. The Morgan fingerprint density at radius 1 is 0.968 bits per heavy atom. The van der Waals surface area contributed by atoms with E-state index in [0.717, 1.165) is 13.0 Å². The van der Waals surface area contributed by atoms with Gasteiger partial charge in [0.1, 0.15) is 29.9 Å². The van der Waals surface area contributed by atoms with Crippen LogP contribution in [0.4, 0.5) is 32.0 Å². The number of rotatable bonds is 9. The fourth-order valence-electron chi connectivity index (χ4n) is 2.48. The first-order chi connectivity index (χ1) is 14.6. The van der Waals surface area contributed by atoms with Gasteiger partial charge >= 0.3 is 6.18 Å². The van der Waals surface area contributed by atoms with E-state index in [-0.39, 0.29) is 24.7 Å². The molecule has 0 heterocycles. The lowest BCUT2D eigenvalue weighted by atomic mass is 10.2. The molecule has 0 aliphatic heterocycles. The van der Waals surface area contributed by atoms with Crippen LogP contribution in [0.1, 0.15) is 25.8 Å². The number of hydrogen-bond donors (Lipinski definition) is 1. The zero-order valence-electron chi connectivity index (χ0n) is 16.8. The number of ether oxygens (including phenoxy) is 2. The summed E-state index contributed by atoms with van der Waals surface area (Å²) < 4.78 is 90.2. The molecule has 0 aliphatic rings.